The fraction of sp³-hybridized carbons (Fsp3) is 0. The Bertz CT molecular complexity index is 497. The summed E-state index contributed by atoms with van der Waals surface area (Å²) in [7, 11) is 0. The minimum Gasteiger partial charge on any atom is -0.340 e. The third-order valence-corrected chi connectivity index (χ3v) is 2.73. The van der Waals surface area contributed by atoms with Crippen molar-refractivity contribution in [3.63, 3.8) is 0 Å². The van der Waals surface area contributed by atoms with Crippen molar-refractivity contribution in [2.45, 2.75) is 0 Å². The lowest BCUT2D eigenvalue weighted by Crippen LogP contribution is -1.93. The number of hydrogen-bond acceptors (Lipinski definition) is 2. The summed E-state index contributed by atoms with van der Waals surface area (Å²) in [6.07, 6.45) is 0. The first-order valence-corrected chi connectivity index (χ1v) is 6.04. The number of anilines is 2. The van der Waals surface area contributed by atoms with Crippen LogP contribution in [0.4, 0.5) is 11.5 Å². The highest BCUT2D eigenvalue weighted by molar-refractivity contribution is 9.10. The molecule has 5 heteroatoms. The van der Waals surface area contributed by atoms with Crippen LogP contribution in [0, 0.1) is 0 Å². The summed E-state index contributed by atoms with van der Waals surface area (Å²) < 4.78 is 0.769. The molecule has 0 unspecified atom stereocenters. The molecule has 0 saturated heterocycles. The Morgan fingerprint density at radius 1 is 1.06 bits per heavy atom. The third-order valence-electron chi connectivity index (χ3n) is 1.85. The van der Waals surface area contributed by atoms with Crippen molar-refractivity contribution >= 4 is 50.6 Å². The number of rotatable bonds is 2. The number of halogens is 3. The predicted octanol–water partition coefficient (Wildman–Crippen LogP) is 4.89. The minimum absolute atomic E-state index is 0.588. The van der Waals surface area contributed by atoms with Gasteiger partial charge in [-0.05, 0) is 46.3 Å². The standard InChI is InChI=1S/C11H7BrCl2N2/c12-10-2-1-3-11(16-10)15-9-5-7(13)4-8(14)6-9/h1-6H,(H,15,16). The topological polar surface area (TPSA) is 24.9 Å². The van der Waals surface area contributed by atoms with E-state index in [0.717, 1.165) is 16.1 Å². The van der Waals surface area contributed by atoms with E-state index in [0.29, 0.717) is 10.0 Å². The highest BCUT2D eigenvalue weighted by Gasteiger charge is 2.00. The quantitative estimate of drug-likeness (QED) is 0.797. The second-order valence-corrected chi connectivity index (χ2v) is 4.81. The maximum absolute atomic E-state index is 5.89. The summed E-state index contributed by atoms with van der Waals surface area (Å²) in [5.74, 6) is 0.729. The van der Waals surface area contributed by atoms with Gasteiger partial charge in [0.05, 0.1) is 0 Å². The van der Waals surface area contributed by atoms with Gasteiger partial charge in [-0.1, -0.05) is 29.3 Å². The van der Waals surface area contributed by atoms with Gasteiger partial charge in [-0.15, -0.1) is 0 Å². The van der Waals surface area contributed by atoms with E-state index in [1.54, 1.807) is 18.2 Å². The van der Waals surface area contributed by atoms with Crippen molar-refractivity contribution in [1.29, 1.82) is 0 Å². The lowest BCUT2D eigenvalue weighted by atomic mass is 10.3. The van der Waals surface area contributed by atoms with Crippen molar-refractivity contribution < 1.29 is 0 Å². The van der Waals surface area contributed by atoms with E-state index < -0.39 is 0 Å². The molecule has 0 bridgehead atoms. The van der Waals surface area contributed by atoms with Crippen molar-refractivity contribution in [3.8, 4) is 0 Å². The van der Waals surface area contributed by atoms with Crippen LogP contribution in [0.2, 0.25) is 10.0 Å². The molecule has 0 aliphatic heterocycles. The summed E-state index contributed by atoms with van der Waals surface area (Å²) in [5, 5.41) is 4.29. The Hall–Kier alpha value is -0.770. The van der Waals surface area contributed by atoms with Crippen LogP contribution in [0.5, 0.6) is 0 Å². The molecule has 1 heterocycles. The van der Waals surface area contributed by atoms with E-state index in [9.17, 15) is 0 Å². The molecule has 0 atom stereocenters. The lowest BCUT2D eigenvalue weighted by molar-refractivity contribution is 1.26. The van der Waals surface area contributed by atoms with E-state index >= 15 is 0 Å². The highest BCUT2D eigenvalue weighted by Crippen LogP contribution is 2.24. The molecule has 16 heavy (non-hydrogen) atoms. The van der Waals surface area contributed by atoms with E-state index in [-0.39, 0.29) is 0 Å². The van der Waals surface area contributed by atoms with Crippen LogP contribution >= 0.6 is 39.1 Å². The number of nitrogens with zero attached hydrogens (tertiary/aromatic N) is 1. The van der Waals surface area contributed by atoms with Crippen LogP contribution in [0.1, 0.15) is 0 Å². The Morgan fingerprint density at radius 3 is 2.38 bits per heavy atom. The molecule has 0 aliphatic rings. The number of benzene rings is 1. The Morgan fingerprint density at radius 2 is 1.75 bits per heavy atom. The molecule has 0 saturated carbocycles. The zero-order chi connectivity index (χ0) is 11.5. The van der Waals surface area contributed by atoms with Gasteiger partial charge >= 0.3 is 0 Å². The molecule has 2 rings (SSSR count). The molecule has 0 aliphatic carbocycles. The molecule has 0 radical (unpaired) electrons. The molecule has 0 spiro atoms. The summed E-state index contributed by atoms with van der Waals surface area (Å²) in [6, 6.07) is 10.9. The maximum Gasteiger partial charge on any atom is 0.131 e. The monoisotopic (exact) mass is 316 g/mol. The number of pyridine rings is 1. The second-order valence-electron chi connectivity index (χ2n) is 3.13. The van der Waals surface area contributed by atoms with Gasteiger partial charge in [0, 0.05) is 15.7 Å². The first kappa shape index (κ1) is 11.7. The molecular weight excluding hydrogens is 311 g/mol. The van der Waals surface area contributed by atoms with Gasteiger partial charge < -0.3 is 5.32 Å². The van der Waals surface area contributed by atoms with Gasteiger partial charge in [-0.3, -0.25) is 0 Å². The average Bonchev–Trinajstić information content (AvgIpc) is 2.15. The zero-order valence-electron chi connectivity index (χ0n) is 8.05. The van der Waals surface area contributed by atoms with Crippen molar-refractivity contribution in [2.24, 2.45) is 0 Å². The molecule has 82 valence electrons. The van der Waals surface area contributed by atoms with E-state index in [2.05, 4.69) is 26.2 Å². The highest BCUT2D eigenvalue weighted by atomic mass is 79.9. The molecule has 1 N–H and O–H groups in total. The first-order valence-electron chi connectivity index (χ1n) is 4.49. The van der Waals surface area contributed by atoms with Crippen LogP contribution in [0.3, 0.4) is 0 Å². The fourth-order valence-electron chi connectivity index (χ4n) is 1.25. The van der Waals surface area contributed by atoms with Gasteiger partial charge in [0.25, 0.3) is 0 Å². The van der Waals surface area contributed by atoms with E-state index in [1.807, 2.05) is 18.2 Å². The molecule has 0 fully saturated rings. The molecule has 0 amide bonds. The van der Waals surface area contributed by atoms with Gasteiger partial charge in [0.15, 0.2) is 0 Å². The molecule has 1 aromatic heterocycles. The van der Waals surface area contributed by atoms with E-state index in [4.69, 9.17) is 23.2 Å². The number of aromatic nitrogens is 1. The lowest BCUT2D eigenvalue weighted by Gasteiger charge is -2.06. The van der Waals surface area contributed by atoms with Crippen LogP contribution in [-0.2, 0) is 0 Å². The van der Waals surface area contributed by atoms with Crippen molar-refractivity contribution in [1.82, 2.24) is 4.98 Å². The van der Waals surface area contributed by atoms with Gasteiger partial charge in [0.2, 0.25) is 0 Å². The van der Waals surface area contributed by atoms with Crippen LogP contribution in [0.15, 0.2) is 41.0 Å². The minimum atomic E-state index is 0.588. The van der Waals surface area contributed by atoms with Gasteiger partial charge in [0.1, 0.15) is 10.4 Å². The van der Waals surface area contributed by atoms with Crippen molar-refractivity contribution in [3.05, 3.63) is 51.0 Å². The Balaban J connectivity index is 2.27. The first-order chi connectivity index (χ1) is 7.63. The Labute approximate surface area is 112 Å². The summed E-state index contributed by atoms with van der Waals surface area (Å²) in [4.78, 5) is 4.25. The zero-order valence-corrected chi connectivity index (χ0v) is 11.1. The fourth-order valence-corrected chi connectivity index (χ4v) is 2.12. The van der Waals surface area contributed by atoms with E-state index in [1.165, 1.54) is 0 Å². The molecule has 1 aromatic carbocycles. The number of hydrogen-bond donors (Lipinski definition) is 1. The number of nitrogens with one attached hydrogen (secondary N) is 1. The molecule has 2 nitrogen and oxygen atoms in total. The van der Waals surface area contributed by atoms with Crippen LogP contribution < -0.4 is 5.32 Å². The largest absolute Gasteiger partial charge is 0.340 e. The van der Waals surface area contributed by atoms with Gasteiger partial charge in [-0.25, -0.2) is 4.98 Å². The summed E-state index contributed by atoms with van der Waals surface area (Å²) in [5.41, 5.74) is 0.808. The van der Waals surface area contributed by atoms with Crippen LogP contribution in [0.25, 0.3) is 0 Å². The smallest absolute Gasteiger partial charge is 0.131 e. The third kappa shape index (κ3) is 3.11. The summed E-state index contributed by atoms with van der Waals surface area (Å²) in [6.45, 7) is 0. The second kappa shape index (κ2) is 5.04. The Kier molecular flexibility index (Phi) is 3.69. The predicted molar refractivity (Wildman–Crippen MR) is 71.7 cm³/mol. The van der Waals surface area contributed by atoms with Crippen molar-refractivity contribution in [2.75, 3.05) is 5.32 Å². The SMILES string of the molecule is Clc1cc(Cl)cc(Nc2cccc(Br)n2)c1. The summed E-state index contributed by atoms with van der Waals surface area (Å²) >= 11 is 15.1. The maximum atomic E-state index is 5.89. The van der Waals surface area contributed by atoms with Gasteiger partial charge in [-0.2, -0.15) is 0 Å². The normalized spacial score (nSPS) is 10.2. The molecule has 2 aromatic rings. The van der Waals surface area contributed by atoms with Crippen LogP contribution in [-0.4, -0.2) is 4.98 Å². The molecular formula is C11H7BrCl2N2. The average molecular weight is 318 g/mol.